The van der Waals surface area contributed by atoms with Crippen LogP contribution in [0.1, 0.15) is 38.2 Å². The number of hydrogen-bond acceptors (Lipinski definition) is 2. The van der Waals surface area contributed by atoms with Crippen LogP contribution in [-0.2, 0) is 16.0 Å². The van der Waals surface area contributed by atoms with Gasteiger partial charge < -0.3 is 10.4 Å². The first-order valence-corrected chi connectivity index (χ1v) is 7.63. The number of aliphatic carboxylic acids is 1. The summed E-state index contributed by atoms with van der Waals surface area (Å²) in [6, 6.07) is 8.55. The van der Waals surface area contributed by atoms with Gasteiger partial charge in [0.05, 0.1) is 0 Å². The van der Waals surface area contributed by atoms with Crippen molar-refractivity contribution in [1.29, 1.82) is 0 Å². The average Bonchev–Trinajstić information content (AvgIpc) is 2.48. The maximum atomic E-state index is 12.2. The maximum Gasteiger partial charge on any atom is 0.326 e. The lowest BCUT2D eigenvalue weighted by Gasteiger charge is -2.26. The molecular weight excluding hydrogens is 266 g/mol. The van der Waals surface area contributed by atoms with Gasteiger partial charge in [-0.3, -0.25) is 4.79 Å². The summed E-state index contributed by atoms with van der Waals surface area (Å²) in [5.74, 6) is -0.436. The molecule has 1 aliphatic rings. The number of benzene rings is 1. The molecule has 1 saturated carbocycles. The van der Waals surface area contributed by atoms with Crippen LogP contribution in [0.2, 0.25) is 0 Å². The molecular formula is C17H23NO3. The smallest absolute Gasteiger partial charge is 0.326 e. The minimum atomic E-state index is -0.976. The number of amides is 1. The van der Waals surface area contributed by atoms with Crippen LogP contribution >= 0.6 is 0 Å². The van der Waals surface area contributed by atoms with Crippen molar-refractivity contribution >= 4 is 11.9 Å². The van der Waals surface area contributed by atoms with Crippen molar-refractivity contribution in [3.8, 4) is 0 Å². The standard InChI is InChI=1S/C17H23NO3/c1-12-7-9-14(10-8-12)16(19)18-15(17(20)21)11-13-5-3-2-4-6-13/h2-6,12,14-15H,7-11H2,1H3,(H,18,19)(H,20,21)/t12?,14?,15-/m1/s1. The molecule has 2 rings (SSSR count). The number of carboxylic acid groups (broad SMARTS) is 1. The Morgan fingerprint density at radius 2 is 1.81 bits per heavy atom. The highest BCUT2D eigenvalue weighted by Gasteiger charge is 2.28. The molecule has 114 valence electrons. The molecule has 1 fully saturated rings. The summed E-state index contributed by atoms with van der Waals surface area (Å²) in [6.45, 7) is 2.20. The van der Waals surface area contributed by atoms with Gasteiger partial charge in [0.25, 0.3) is 0 Å². The monoisotopic (exact) mass is 289 g/mol. The minimum Gasteiger partial charge on any atom is -0.480 e. The molecule has 0 unspecified atom stereocenters. The van der Waals surface area contributed by atoms with Crippen molar-refractivity contribution in [2.75, 3.05) is 0 Å². The van der Waals surface area contributed by atoms with Crippen LogP contribution in [0, 0.1) is 11.8 Å². The van der Waals surface area contributed by atoms with Gasteiger partial charge in [0, 0.05) is 12.3 Å². The number of rotatable bonds is 5. The van der Waals surface area contributed by atoms with Crippen molar-refractivity contribution < 1.29 is 14.7 Å². The lowest BCUT2D eigenvalue weighted by atomic mass is 9.82. The molecule has 1 aromatic rings. The molecule has 0 bridgehead atoms. The van der Waals surface area contributed by atoms with E-state index in [1.54, 1.807) is 0 Å². The van der Waals surface area contributed by atoms with Crippen molar-refractivity contribution in [3.63, 3.8) is 0 Å². The summed E-state index contributed by atoms with van der Waals surface area (Å²) in [5.41, 5.74) is 0.919. The summed E-state index contributed by atoms with van der Waals surface area (Å²) in [5, 5.41) is 12.0. The van der Waals surface area contributed by atoms with Crippen LogP contribution in [0.4, 0.5) is 0 Å². The van der Waals surface area contributed by atoms with E-state index in [2.05, 4.69) is 12.2 Å². The largest absolute Gasteiger partial charge is 0.480 e. The van der Waals surface area contributed by atoms with Crippen LogP contribution < -0.4 is 5.32 Å². The molecule has 4 nitrogen and oxygen atoms in total. The molecule has 0 saturated heterocycles. The van der Waals surface area contributed by atoms with Gasteiger partial charge in [0.2, 0.25) is 5.91 Å². The van der Waals surface area contributed by atoms with Gasteiger partial charge in [0.1, 0.15) is 6.04 Å². The second kappa shape index (κ2) is 7.25. The van der Waals surface area contributed by atoms with Gasteiger partial charge in [-0.05, 0) is 37.2 Å². The Hall–Kier alpha value is -1.84. The average molecular weight is 289 g/mol. The van der Waals surface area contributed by atoms with E-state index in [0.29, 0.717) is 12.3 Å². The highest BCUT2D eigenvalue weighted by Crippen LogP contribution is 2.28. The fraction of sp³-hybridized carbons (Fsp3) is 0.529. The predicted octanol–water partition coefficient (Wildman–Crippen LogP) is 2.62. The second-order valence-corrected chi connectivity index (χ2v) is 6.05. The van der Waals surface area contributed by atoms with E-state index >= 15 is 0 Å². The van der Waals surface area contributed by atoms with Gasteiger partial charge in [-0.1, -0.05) is 37.3 Å². The quantitative estimate of drug-likeness (QED) is 0.875. The molecule has 0 spiro atoms. The zero-order valence-corrected chi connectivity index (χ0v) is 12.4. The van der Waals surface area contributed by atoms with E-state index in [0.717, 1.165) is 31.2 Å². The molecule has 0 aliphatic heterocycles. The van der Waals surface area contributed by atoms with Crippen molar-refractivity contribution in [3.05, 3.63) is 35.9 Å². The summed E-state index contributed by atoms with van der Waals surface area (Å²) in [6.07, 6.45) is 4.16. The van der Waals surface area contributed by atoms with Gasteiger partial charge in [0.15, 0.2) is 0 Å². The molecule has 0 heterocycles. The SMILES string of the molecule is CC1CCC(C(=O)N[C@H](Cc2ccccc2)C(=O)O)CC1. The lowest BCUT2D eigenvalue weighted by Crippen LogP contribution is -2.45. The number of carbonyl (C=O) groups excluding carboxylic acids is 1. The molecule has 1 amide bonds. The zero-order chi connectivity index (χ0) is 15.2. The third-order valence-electron chi connectivity index (χ3n) is 4.28. The fourth-order valence-corrected chi connectivity index (χ4v) is 2.86. The first-order chi connectivity index (χ1) is 10.1. The van der Waals surface area contributed by atoms with Gasteiger partial charge >= 0.3 is 5.97 Å². The van der Waals surface area contributed by atoms with E-state index in [4.69, 9.17) is 0 Å². The Labute approximate surface area is 125 Å². The summed E-state index contributed by atoms with van der Waals surface area (Å²) >= 11 is 0. The van der Waals surface area contributed by atoms with Crippen LogP contribution in [0.5, 0.6) is 0 Å². The Morgan fingerprint density at radius 1 is 1.19 bits per heavy atom. The zero-order valence-electron chi connectivity index (χ0n) is 12.4. The Kier molecular flexibility index (Phi) is 5.37. The summed E-state index contributed by atoms with van der Waals surface area (Å²) in [4.78, 5) is 23.6. The summed E-state index contributed by atoms with van der Waals surface area (Å²) < 4.78 is 0. The van der Waals surface area contributed by atoms with Gasteiger partial charge in [-0.15, -0.1) is 0 Å². The predicted molar refractivity (Wildman–Crippen MR) is 80.8 cm³/mol. The third kappa shape index (κ3) is 4.59. The fourth-order valence-electron chi connectivity index (χ4n) is 2.86. The van der Waals surface area contributed by atoms with E-state index in [9.17, 15) is 14.7 Å². The number of hydrogen-bond donors (Lipinski definition) is 2. The molecule has 1 atom stereocenters. The first-order valence-electron chi connectivity index (χ1n) is 7.63. The van der Waals surface area contributed by atoms with Gasteiger partial charge in [-0.2, -0.15) is 0 Å². The highest BCUT2D eigenvalue weighted by molar-refractivity contribution is 5.85. The molecule has 0 aromatic heterocycles. The molecule has 1 aromatic carbocycles. The van der Waals surface area contributed by atoms with Crippen LogP contribution in [-0.4, -0.2) is 23.0 Å². The second-order valence-electron chi connectivity index (χ2n) is 6.05. The normalized spacial score (nSPS) is 23.3. The van der Waals surface area contributed by atoms with E-state index < -0.39 is 12.0 Å². The van der Waals surface area contributed by atoms with Crippen molar-refractivity contribution in [2.45, 2.75) is 45.1 Å². The maximum absolute atomic E-state index is 12.2. The first kappa shape index (κ1) is 15.5. The van der Waals surface area contributed by atoms with E-state index in [-0.39, 0.29) is 11.8 Å². The van der Waals surface area contributed by atoms with Gasteiger partial charge in [-0.25, -0.2) is 4.79 Å². The third-order valence-corrected chi connectivity index (χ3v) is 4.28. The number of carboxylic acids is 1. The molecule has 4 heteroatoms. The molecule has 1 aliphatic carbocycles. The van der Waals surface area contributed by atoms with Crippen LogP contribution in [0.15, 0.2) is 30.3 Å². The molecule has 21 heavy (non-hydrogen) atoms. The highest BCUT2D eigenvalue weighted by atomic mass is 16.4. The Bertz CT molecular complexity index is 478. The summed E-state index contributed by atoms with van der Waals surface area (Å²) in [7, 11) is 0. The molecule has 2 N–H and O–H groups in total. The number of carbonyl (C=O) groups is 2. The Balaban J connectivity index is 1.93. The minimum absolute atomic E-state index is 0.0289. The van der Waals surface area contributed by atoms with Crippen molar-refractivity contribution in [2.24, 2.45) is 11.8 Å². The van der Waals surface area contributed by atoms with Crippen LogP contribution in [0.3, 0.4) is 0 Å². The van der Waals surface area contributed by atoms with Crippen LogP contribution in [0.25, 0.3) is 0 Å². The topological polar surface area (TPSA) is 66.4 Å². The van der Waals surface area contributed by atoms with E-state index in [1.165, 1.54) is 0 Å². The van der Waals surface area contributed by atoms with Crippen molar-refractivity contribution in [1.82, 2.24) is 5.32 Å². The van der Waals surface area contributed by atoms with E-state index in [1.807, 2.05) is 30.3 Å². The Morgan fingerprint density at radius 3 is 2.38 bits per heavy atom. The number of nitrogens with one attached hydrogen (secondary N) is 1. The molecule has 0 radical (unpaired) electrons. The lowest BCUT2D eigenvalue weighted by molar-refractivity contribution is -0.142.